The molecule has 24 nitrogen and oxygen atoms in total. The molecule has 0 saturated carbocycles. The van der Waals surface area contributed by atoms with Crippen LogP contribution in [0.4, 0.5) is 0 Å². The Labute approximate surface area is 411 Å². The number of nitrogens with zero attached hydrogens (tertiary/aromatic N) is 1. The van der Waals surface area contributed by atoms with Gasteiger partial charge in [-0.05, 0) is 25.7 Å². The van der Waals surface area contributed by atoms with Crippen LogP contribution in [0.5, 0.6) is 0 Å². The Morgan fingerprint density at radius 1 is 0.600 bits per heavy atom. The normalized spacial score (nSPS) is 13.4. The highest BCUT2D eigenvalue weighted by Crippen LogP contribution is 2.13. The molecule has 0 saturated heterocycles. The number of nitrogens with one attached hydrogen (secondary N) is 8. The van der Waals surface area contributed by atoms with Gasteiger partial charge in [0.25, 0.3) is 0 Å². The number of aliphatic hydroxyl groups is 1. The van der Waals surface area contributed by atoms with Gasteiger partial charge >= 0.3 is 0 Å². The molecule has 0 aliphatic carbocycles. The smallest absolute Gasteiger partial charge is 0.245 e. The van der Waals surface area contributed by atoms with Crippen molar-refractivity contribution in [2.75, 3.05) is 25.4 Å². The highest BCUT2D eigenvalue weighted by Gasteiger charge is 2.32. The Morgan fingerprint density at radius 3 is 1.66 bits per heavy atom. The molecule has 1 aromatic rings. The number of amides is 9. The summed E-state index contributed by atoms with van der Waals surface area (Å²) in [6, 6.07) is -7.14. The van der Waals surface area contributed by atoms with E-state index in [0.717, 1.165) is 25.7 Å². The topological polar surface area (TPSA) is 399 Å². The summed E-state index contributed by atoms with van der Waals surface area (Å²) < 4.78 is 26.9. The van der Waals surface area contributed by atoms with Crippen LogP contribution in [0.1, 0.15) is 154 Å². The molecule has 0 aliphatic rings. The van der Waals surface area contributed by atoms with E-state index in [0.29, 0.717) is 25.0 Å². The summed E-state index contributed by atoms with van der Waals surface area (Å²) in [5.41, 5.74) is 16.8. The SMILES string of the molecule is CCCCCCCCCCCCCCCC(=O)NS(=O)(=O)CCCC(=O)NCC(=O)N[C@@H](CO)C(=O)N[C@@H](CCC(N)=O)C(=O)N[C@@H](Cc1c[nH]cn1)C(=O)N[C@@H](CN)C(=O)N[C@@H](CCCC)C(N)=O. The van der Waals surface area contributed by atoms with Gasteiger partial charge in [0, 0.05) is 38.4 Å². The van der Waals surface area contributed by atoms with E-state index < -0.39 is 132 Å². The highest BCUT2D eigenvalue weighted by atomic mass is 32.2. The van der Waals surface area contributed by atoms with Crippen LogP contribution in [-0.4, -0.2) is 132 Å². The highest BCUT2D eigenvalue weighted by molar-refractivity contribution is 7.90. The lowest BCUT2D eigenvalue weighted by Crippen LogP contribution is -2.61. The number of carbonyl (C=O) groups is 9. The molecule has 0 fully saturated rings. The van der Waals surface area contributed by atoms with Crippen LogP contribution in [0, 0.1) is 0 Å². The molecule has 0 spiro atoms. The Balaban J connectivity index is 2.71. The van der Waals surface area contributed by atoms with Gasteiger partial charge in [0.15, 0.2) is 0 Å². The fourth-order valence-corrected chi connectivity index (χ4v) is 8.17. The molecule has 70 heavy (non-hydrogen) atoms. The second-order valence-corrected chi connectivity index (χ2v) is 19.2. The molecule has 398 valence electrons. The monoisotopic (exact) mass is 1010 g/mol. The molecule has 0 aromatic carbocycles. The number of nitrogens with two attached hydrogens (primary N) is 3. The average molecular weight is 1010 g/mol. The van der Waals surface area contributed by atoms with Crippen LogP contribution in [0.15, 0.2) is 12.5 Å². The third kappa shape index (κ3) is 28.7. The molecule has 1 rings (SSSR count). The predicted molar refractivity (Wildman–Crippen MR) is 260 cm³/mol. The number of primary amides is 2. The molecule has 1 aromatic heterocycles. The van der Waals surface area contributed by atoms with Crippen molar-refractivity contribution < 1.29 is 56.7 Å². The molecule has 0 aliphatic heterocycles. The molecule has 0 bridgehead atoms. The van der Waals surface area contributed by atoms with Gasteiger partial charge in [-0.15, -0.1) is 0 Å². The maximum Gasteiger partial charge on any atom is 0.245 e. The summed E-state index contributed by atoms with van der Waals surface area (Å²) in [7, 11) is -4.01. The van der Waals surface area contributed by atoms with Crippen LogP contribution in [0.25, 0.3) is 0 Å². The number of hydrogen-bond donors (Lipinski definition) is 12. The van der Waals surface area contributed by atoms with Crippen molar-refractivity contribution in [1.82, 2.24) is 46.6 Å². The zero-order chi connectivity index (χ0) is 52.3. The lowest BCUT2D eigenvalue weighted by molar-refractivity contribution is -0.135. The van der Waals surface area contributed by atoms with Gasteiger partial charge in [-0.25, -0.2) is 13.4 Å². The van der Waals surface area contributed by atoms with Gasteiger partial charge in [0.2, 0.25) is 63.2 Å². The van der Waals surface area contributed by atoms with Crippen molar-refractivity contribution in [3.63, 3.8) is 0 Å². The number of aromatic nitrogens is 2. The van der Waals surface area contributed by atoms with Crippen LogP contribution < -0.4 is 53.8 Å². The number of aromatic amines is 1. The third-order valence-electron chi connectivity index (χ3n) is 11.2. The van der Waals surface area contributed by atoms with Crippen LogP contribution in [0.2, 0.25) is 0 Å². The number of rotatable bonds is 41. The van der Waals surface area contributed by atoms with Gasteiger partial charge in [-0.3, -0.25) is 47.9 Å². The first-order valence-electron chi connectivity index (χ1n) is 24.5. The summed E-state index contributed by atoms with van der Waals surface area (Å²) >= 11 is 0. The fourth-order valence-electron chi connectivity index (χ4n) is 7.10. The minimum absolute atomic E-state index is 0.0626. The van der Waals surface area contributed by atoms with Crippen molar-refractivity contribution in [1.29, 1.82) is 0 Å². The van der Waals surface area contributed by atoms with E-state index in [1.54, 1.807) is 0 Å². The van der Waals surface area contributed by atoms with Gasteiger partial charge in [0.1, 0.15) is 30.2 Å². The van der Waals surface area contributed by atoms with Crippen molar-refractivity contribution in [2.24, 2.45) is 17.2 Å². The largest absolute Gasteiger partial charge is 0.394 e. The molecular formula is C45H80N12O12S. The summed E-state index contributed by atoms with van der Waals surface area (Å²) in [6.07, 6.45) is 17.5. The second-order valence-electron chi connectivity index (χ2n) is 17.3. The minimum Gasteiger partial charge on any atom is -0.394 e. The molecule has 5 atom stereocenters. The van der Waals surface area contributed by atoms with E-state index in [1.807, 2.05) is 11.6 Å². The molecule has 1 heterocycles. The second kappa shape index (κ2) is 36.3. The Bertz CT molecular complexity index is 1890. The van der Waals surface area contributed by atoms with Crippen LogP contribution in [-0.2, 0) is 59.6 Å². The molecule has 9 amide bonds. The Hall–Kier alpha value is -5.69. The first-order valence-corrected chi connectivity index (χ1v) is 26.2. The Morgan fingerprint density at radius 2 is 1.11 bits per heavy atom. The van der Waals surface area contributed by atoms with E-state index in [4.69, 9.17) is 17.2 Å². The predicted octanol–water partition coefficient (Wildman–Crippen LogP) is -0.908. The third-order valence-corrected chi connectivity index (χ3v) is 12.5. The van der Waals surface area contributed by atoms with Gasteiger partial charge in [0.05, 0.1) is 30.9 Å². The first-order chi connectivity index (χ1) is 33.4. The van der Waals surface area contributed by atoms with E-state index in [2.05, 4.69) is 48.8 Å². The molecule has 0 radical (unpaired) electrons. The number of sulfonamides is 1. The summed E-state index contributed by atoms with van der Waals surface area (Å²) in [6.45, 7) is 1.99. The Kier molecular flexibility index (Phi) is 32.3. The van der Waals surface area contributed by atoms with Crippen molar-refractivity contribution in [3.05, 3.63) is 18.2 Å². The standard InChI is InChI=1S/C45H80N12O12S/c1-3-5-7-8-9-10-11-12-13-14-15-16-17-20-39(61)57-70(68,69)24-18-21-38(60)50-28-40(62)52-36(29-58)45(67)54-33(22-23-37(47)59)42(64)55-34(25-31-27-49-30-51-31)43(65)56-35(26-46)44(66)53-32(41(48)63)19-6-4-2/h27,30,32-36,58H,3-26,28-29,46H2,1-2H3,(H2,47,59)(H2,48,63)(H,49,51)(H,50,60)(H,52,62)(H,53,66)(H,54,67)(H,55,64)(H,56,65)(H,57,61)/t32-,33-,34-,35-,36-/m0/s1. The lowest BCUT2D eigenvalue weighted by Gasteiger charge is -2.26. The zero-order valence-electron chi connectivity index (χ0n) is 41.0. The first kappa shape index (κ1) is 62.3. The fraction of sp³-hybridized carbons (Fsp3) is 0.733. The number of carbonyl (C=O) groups excluding carboxylic acids is 9. The summed E-state index contributed by atoms with van der Waals surface area (Å²) in [4.78, 5) is 121. The number of imidazole rings is 1. The van der Waals surface area contributed by atoms with Gasteiger partial charge in [-0.2, -0.15) is 0 Å². The van der Waals surface area contributed by atoms with E-state index in [9.17, 15) is 56.7 Å². The lowest BCUT2D eigenvalue weighted by atomic mass is 10.0. The average Bonchev–Trinajstić information content (AvgIpc) is 3.83. The molecule has 25 heteroatoms. The maximum absolute atomic E-state index is 13.7. The van der Waals surface area contributed by atoms with E-state index in [1.165, 1.54) is 63.9 Å². The molecular weight excluding hydrogens is 933 g/mol. The summed E-state index contributed by atoms with van der Waals surface area (Å²) in [5, 5.41) is 24.1. The quantitative estimate of drug-likeness (QED) is 0.0354. The summed E-state index contributed by atoms with van der Waals surface area (Å²) in [5.74, 6) is -8.30. The van der Waals surface area contributed by atoms with Gasteiger partial charge in [-0.1, -0.05) is 104 Å². The maximum atomic E-state index is 13.7. The molecule has 15 N–H and O–H groups in total. The van der Waals surface area contributed by atoms with E-state index in [-0.39, 0.29) is 32.1 Å². The number of H-pyrrole nitrogens is 1. The van der Waals surface area contributed by atoms with E-state index >= 15 is 0 Å². The van der Waals surface area contributed by atoms with Crippen LogP contribution in [0.3, 0.4) is 0 Å². The zero-order valence-corrected chi connectivity index (χ0v) is 41.8. The minimum atomic E-state index is -4.01. The number of unbranched alkanes of at least 4 members (excludes halogenated alkanes) is 13. The van der Waals surface area contributed by atoms with Gasteiger partial charge < -0.3 is 59.2 Å². The van der Waals surface area contributed by atoms with Crippen molar-refractivity contribution in [2.45, 2.75) is 185 Å². The number of hydrogen-bond acceptors (Lipinski definition) is 14. The van der Waals surface area contributed by atoms with Crippen molar-refractivity contribution >= 4 is 63.2 Å². The van der Waals surface area contributed by atoms with Crippen molar-refractivity contribution in [3.8, 4) is 0 Å². The number of aliphatic hydroxyl groups excluding tert-OH is 1. The van der Waals surface area contributed by atoms with Crippen LogP contribution >= 0.6 is 0 Å². The molecule has 0 unspecified atom stereocenters.